The first-order valence-electron chi connectivity index (χ1n) is 9.46. The van der Waals surface area contributed by atoms with Gasteiger partial charge in [0, 0.05) is 25.1 Å². The zero-order valence-corrected chi connectivity index (χ0v) is 16.6. The Labute approximate surface area is 160 Å². The quantitative estimate of drug-likeness (QED) is 0.873. The third-order valence-electron chi connectivity index (χ3n) is 5.90. The molecule has 3 rings (SSSR count). The van der Waals surface area contributed by atoms with E-state index in [0.29, 0.717) is 32.4 Å². The van der Waals surface area contributed by atoms with Crippen LogP contribution < -0.4 is 0 Å². The Hall–Kier alpha value is -2.18. The molecule has 146 valence electrons. The molecular weight excluding hydrogens is 342 g/mol. The van der Waals surface area contributed by atoms with Crippen molar-refractivity contribution in [3.05, 3.63) is 52.9 Å². The van der Waals surface area contributed by atoms with Crippen LogP contribution in [0.4, 0.5) is 0 Å². The van der Waals surface area contributed by atoms with E-state index in [1.165, 1.54) is 0 Å². The number of aliphatic hydroxyl groups excluding tert-OH is 1. The number of likely N-dealkylation sites (tertiary alicyclic amines) is 1. The van der Waals surface area contributed by atoms with Gasteiger partial charge in [-0.1, -0.05) is 35.5 Å². The molecule has 2 atom stereocenters. The second-order valence-corrected chi connectivity index (χ2v) is 7.59. The number of hydrogen-bond donors (Lipinski definition) is 1. The highest BCUT2D eigenvalue weighted by Gasteiger charge is 2.46. The summed E-state index contributed by atoms with van der Waals surface area (Å²) in [6, 6.07) is 10.1. The molecular formula is C21H29N3O3. The molecule has 1 fully saturated rings. The van der Waals surface area contributed by atoms with E-state index in [-0.39, 0.29) is 5.91 Å². The number of aromatic nitrogens is 1. The summed E-state index contributed by atoms with van der Waals surface area (Å²) >= 11 is 0. The topological polar surface area (TPSA) is 69.8 Å². The highest BCUT2D eigenvalue weighted by molar-refractivity contribution is 5.76. The van der Waals surface area contributed by atoms with Crippen LogP contribution in [0.25, 0.3) is 0 Å². The Kier molecular flexibility index (Phi) is 5.67. The number of benzene rings is 1. The van der Waals surface area contributed by atoms with Gasteiger partial charge in [0.2, 0.25) is 5.91 Å². The summed E-state index contributed by atoms with van der Waals surface area (Å²) in [5.74, 6) is 0.837. The molecule has 27 heavy (non-hydrogen) atoms. The molecule has 0 radical (unpaired) electrons. The summed E-state index contributed by atoms with van der Waals surface area (Å²) in [6.45, 7) is 4.74. The normalized spacial score (nSPS) is 23.0. The molecule has 1 aromatic heterocycles. The van der Waals surface area contributed by atoms with E-state index in [4.69, 9.17) is 4.52 Å². The Bertz CT molecular complexity index is 768. The number of carbonyl (C=O) groups is 1. The largest absolute Gasteiger partial charge is 0.389 e. The SMILES string of the molecule is Cc1noc(C)c1CCC(=O)N1CC[C@@](c2ccccc2)(N(C)C)[C@H](O)C1. The zero-order chi connectivity index (χ0) is 19.6. The van der Waals surface area contributed by atoms with Crippen LogP contribution >= 0.6 is 0 Å². The maximum Gasteiger partial charge on any atom is 0.222 e. The maximum absolute atomic E-state index is 12.7. The van der Waals surface area contributed by atoms with Crippen molar-refractivity contribution in [3.63, 3.8) is 0 Å². The van der Waals surface area contributed by atoms with Gasteiger partial charge in [0.15, 0.2) is 0 Å². The first-order valence-corrected chi connectivity index (χ1v) is 9.46. The van der Waals surface area contributed by atoms with Gasteiger partial charge in [0.25, 0.3) is 0 Å². The van der Waals surface area contributed by atoms with Crippen molar-refractivity contribution in [3.8, 4) is 0 Å². The Morgan fingerprint density at radius 2 is 2.04 bits per heavy atom. The minimum absolute atomic E-state index is 0.0643. The van der Waals surface area contributed by atoms with E-state index in [9.17, 15) is 9.90 Å². The molecule has 0 aliphatic carbocycles. The third kappa shape index (κ3) is 3.64. The van der Waals surface area contributed by atoms with E-state index < -0.39 is 11.6 Å². The number of nitrogens with zero attached hydrogens (tertiary/aromatic N) is 3. The minimum Gasteiger partial charge on any atom is -0.389 e. The number of rotatable bonds is 5. The first kappa shape index (κ1) is 19.6. The number of likely N-dealkylation sites (N-methyl/N-ethyl adjacent to an activating group) is 1. The number of piperidine rings is 1. The Morgan fingerprint density at radius 1 is 1.33 bits per heavy atom. The van der Waals surface area contributed by atoms with Crippen molar-refractivity contribution in [2.24, 2.45) is 0 Å². The Balaban J connectivity index is 1.69. The summed E-state index contributed by atoms with van der Waals surface area (Å²) in [5.41, 5.74) is 2.47. The molecule has 0 bridgehead atoms. The van der Waals surface area contributed by atoms with Crippen LogP contribution in [0.15, 0.2) is 34.9 Å². The molecule has 2 aromatic rings. The smallest absolute Gasteiger partial charge is 0.222 e. The van der Waals surface area contributed by atoms with Gasteiger partial charge >= 0.3 is 0 Å². The predicted molar refractivity (Wildman–Crippen MR) is 103 cm³/mol. The minimum atomic E-state index is -0.647. The van der Waals surface area contributed by atoms with Crippen LogP contribution in [0.2, 0.25) is 0 Å². The van der Waals surface area contributed by atoms with Gasteiger partial charge in [0.1, 0.15) is 5.76 Å². The van der Waals surface area contributed by atoms with E-state index in [0.717, 1.165) is 22.6 Å². The molecule has 1 N–H and O–H groups in total. The highest BCUT2D eigenvalue weighted by Crippen LogP contribution is 2.37. The predicted octanol–water partition coefficient (Wildman–Crippen LogP) is 2.27. The number of carbonyl (C=O) groups excluding carboxylic acids is 1. The highest BCUT2D eigenvalue weighted by atomic mass is 16.5. The molecule has 2 heterocycles. The van der Waals surface area contributed by atoms with Crippen molar-refractivity contribution in [2.75, 3.05) is 27.2 Å². The molecule has 0 saturated carbocycles. The van der Waals surface area contributed by atoms with Crippen molar-refractivity contribution < 1.29 is 14.4 Å². The van der Waals surface area contributed by atoms with Crippen LogP contribution in [-0.2, 0) is 16.8 Å². The molecule has 6 nitrogen and oxygen atoms in total. The summed E-state index contributed by atoms with van der Waals surface area (Å²) < 4.78 is 5.17. The van der Waals surface area contributed by atoms with Gasteiger partial charge in [-0.2, -0.15) is 0 Å². The fourth-order valence-corrected chi connectivity index (χ4v) is 4.24. The molecule has 0 unspecified atom stereocenters. The lowest BCUT2D eigenvalue weighted by atomic mass is 9.77. The van der Waals surface area contributed by atoms with Crippen molar-refractivity contribution in [1.82, 2.24) is 15.0 Å². The van der Waals surface area contributed by atoms with E-state index in [1.54, 1.807) is 4.90 Å². The number of aryl methyl sites for hydroxylation is 2. The lowest BCUT2D eigenvalue weighted by molar-refractivity contribution is -0.140. The summed E-state index contributed by atoms with van der Waals surface area (Å²) in [5, 5.41) is 15.0. The molecule has 1 aliphatic heterocycles. The summed E-state index contributed by atoms with van der Waals surface area (Å²) in [6.07, 6.45) is 1.06. The van der Waals surface area contributed by atoms with Gasteiger partial charge in [0.05, 0.1) is 17.3 Å². The first-order chi connectivity index (χ1) is 12.9. The molecule has 0 spiro atoms. The van der Waals surface area contributed by atoms with Crippen LogP contribution in [0, 0.1) is 13.8 Å². The maximum atomic E-state index is 12.7. The van der Waals surface area contributed by atoms with Crippen molar-refractivity contribution in [2.45, 2.75) is 44.8 Å². The van der Waals surface area contributed by atoms with Gasteiger partial charge < -0.3 is 14.5 Å². The second-order valence-electron chi connectivity index (χ2n) is 7.59. The average molecular weight is 371 g/mol. The van der Waals surface area contributed by atoms with E-state index in [2.05, 4.69) is 22.2 Å². The van der Waals surface area contributed by atoms with Crippen LogP contribution in [0.1, 0.15) is 35.4 Å². The van der Waals surface area contributed by atoms with Crippen molar-refractivity contribution in [1.29, 1.82) is 0 Å². The lowest BCUT2D eigenvalue weighted by Crippen LogP contribution is -2.60. The molecule has 6 heteroatoms. The molecule has 1 saturated heterocycles. The number of hydrogen-bond acceptors (Lipinski definition) is 5. The van der Waals surface area contributed by atoms with E-state index in [1.807, 2.05) is 46.1 Å². The second kappa shape index (κ2) is 7.82. The zero-order valence-electron chi connectivity index (χ0n) is 16.6. The Morgan fingerprint density at radius 3 is 2.59 bits per heavy atom. The van der Waals surface area contributed by atoms with Crippen LogP contribution in [-0.4, -0.2) is 59.3 Å². The van der Waals surface area contributed by atoms with Crippen LogP contribution in [0.5, 0.6) is 0 Å². The van der Waals surface area contributed by atoms with Gasteiger partial charge in [-0.25, -0.2) is 0 Å². The molecule has 1 aromatic carbocycles. The lowest BCUT2D eigenvalue weighted by Gasteiger charge is -2.49. The number of aliphatic hydroxyl groups is 1. The van der Waals surface area contributed by atoms with Gasteiger partial charge in [-0.3, -0.25) is 9.69 Å². The monoisotopic (exact) mass is 371 g/mol. The van der Waals surface area contributed by atoms with Gasteiger partial charge in [-0.05, 0) is 46.3 Å². The van der Waals surface area contributed by atoms with Crippen molar-refractivity contribution >= 4 is 5.91 Å². The van der Waals surface area contributed by atoms with Gasteiger partial charge in [-0.15, -0.1) is 0 Å². The molecule has 1 amide bonds. The average Bonchev–Trinajstić information content (AvgIpc) is 2.98. The molecule has 1 aliphatic rings. The summed E-state index contributed by atoms with van der Waals surface area (Å²) in [4.78, 5) is 16.6. The van der Waals surface area contributed by atoms with E-state index >= 15 is 0 Å². The fourth-order valence-electron chi connectivity index (χ4n) is 4.24. The standard InChI is InChI=1S/C21H29N3O3/c1-15-18(16(2)27-22-15)10-11-20(26)24-13-12-21(23(3)4,19(25)14-24)17-8-6-5-7-9-17/h5-9,19,25H,10-14H2,1-4H3/t19-,21+/m1/s1. The van der Waals surface area contributed by atoms with Crippen LogP contribution in [0.3, 0.4) is 0 Å². The number of amides is 1. The summed E-state index contributed by atoms with van der Waals surface area (Å²) in [7, 11) is 3.98. The third-order valence-corrected chi connectivity index (χ3v) is 5.90. The number of β-amino-alcohol motifs (C(OH)–C–C–N with tert-alkyl or cyclic N) is 1. The fraction of sp³-hybridized carbons (Fsp3) is 0.524.